The standard InChI is InChI=1S/C30H44N2O7S/c1-40(33,34)32-14-12-31(13-15-32)11-2-16-35-28-5-3-24(4-6-28)25-7-9-29(10-8-25)36-38-30(39-37-29)26-18-22-17-23(20-26)21-27(30)19-22/h3-6,22-23,25-27H,2,7-21H2,1H3. The van der Waals surface area contributed by atoms with Crippen LogP contribution in [-0.4, -0.2) is 74.8 Å². The molecule has 0 atom stereocenters. The van der Waals surface area contributed by atoms with E-state index in [9.17, 15) is 8.42 Å². The van der Waals surface area contributed by atoms with Crippen LogP contribution in [0.3, 0.4) is 0 Å². The van der Waals surface area contributed by atoms with Crippen molar-refractivity contribution in [3.05, 3.63) is 29.8 Å². The van der Waals surface area contributed by atoms with Crippen molar-refractivity contribution in [2.45, 2.75) is 81.7 Å². The average Bonchev–Trinajstić information content (AvgIpc) is 2.95. The molecule has 0 aromatic heterocycles. The predicted molar refractivity (Wildman–Crippen MR) is 147 cm³/mol. The fraction of sp³-hybridized carbons (Fsp3) is 0.800. The maximum atomic E-state index is 11.7. The summed E-state index contributed by atoms with van der Waals surface area (Å²) in [5.74, 6) is 2.34. The Morgan fingerprint density at radius 3 is 2.02 bits per heavy atom. The summed E-state index contributed by atoms with van der Waals surface area (Å²) in [5.41, 5.74) is 1.32. The highest BCUT2D eigenvalue weighted by Gasteiger charge is 2.64. The predicted octanol–water partition coefficient (Wildman–Crippen LogP) is 4.45. The molecule has 0 radical (unpaired) electrons. The molecule has 5 aliphatic carbocycles. The fourth-order valence-electron chi connectivity index (χ4n) is 8.58. The molecule has 7 fully saturated rings. The SMILES string of the molecule is CS(=O)(=O)N1CCN(CCCOc2ccc(C3CCC4(CC3)OOC3(OO4)C4CC5CC(C4)CC3C5)cc2)CC1. The van der Waals surface area contributed by atoms with Crippen LogP contribution in [0.1, 0.15) is 75.7 Å². The molecule has 0 amide bonds. The monoisotopic (exact) mass is 576 g/mol. The van der Waals surface area contributed by atoms with E-state index in [-0.39, 0.29) is 0 Å². The topological polar surface area (TPSA) is 86.8 Å². The zero-order chi connectivity index (χ0) is 27.4. The lowest BCUT2D eigenvalue weighted by atomic mass is 9.53. The van der Waals surface area contributed by atoms with Crippen LogP contribution in [0.15, 0.2) is 24.3 Å². The Balaban J connectivity index is 0.839. The lowest BCUT2D eigenvalue weighted by molar-refractivity contribution is -0.680. The molecule has 4 bridgehead atoms. The van der Waals surface area contributed by atoms with Crippen LogP contribution in [-0.2, 0) is 29.6 Å². The number of sulfonamides is 1. The summed E-state index contributed by atoms with van der Waals surface area (Å²) in [6, 6.07) is 8.50. The largest absolute Gasteiger partial charge is 0.494 e. The van der Waals surface area contributed by atoms with Crippen molar-refractivity contribution in [3.63, 3.8) is 0 Å². The van der Waals surface area contributed by atoms with Crippen LogP contribution in [0.4, 0.5) is 0 Å². The third-order valence-corrected chi connectivity index (χ3v) is 12.0. The van der Waals surface area contributed by atoms with Crippen molar-refractivity contribution in [2.75, 3.05) is 45.6 Å². The second-order valence-corrected chi connectivity index (χ2v) is 15.3. The molecule has 2 heterocycles. The maximum Gasteiger partial charge on any atom is 0.239 e. The van der Waals surface area contributed by atoms with E-state index in [1.807, 2.05) is 0 Å². The Morgan fingerprint density at radius 1 is 0.850 bits per heavy atom. The quantitative estimate of drug-likeness (QED) is 0.348. The van der Waals surface area contributed by atoms with Gasteiger partial charge in [-0.3, -0.25) is 0 Å². The first-order chi connectivity index (χ1) is 19.3. The van der Waals surface area contributed by atoms with E-state index in [2.05, 4.69) is 29.2 Å². The molecular formula is C30H44N2O7S. The number of nitrogens with zero attached hydrogens (tertiary/aromatic N) is 2. The van der Waals surface area contributed by atoms with Crippen molar-refractivity contribution < 1.29 is 32.7 Å². The van der Waals surface area contributed by atoms with Gasteiger partial charge in [-0.15, -0.1) is 0 Å². The lowest BCUT2D eigenvalue weighted by Crippen LogP contribution is -2.64. The van der Waals surface area contributed by atoms with Gasteiger partial charge in [0.05, 0.1) is 12.9 Å². The molecule has 1 aromatic carbocycles. The van der Waals surface area contributed by atoms with Gasteiger partial charge in [0.25, 0.3) is 0 Å². The van der Waals surface area contributed by atoms with Crippen molar-refractivity contribution in [2.24, 2.45) is 23.7 Å². The lowest BCUT2D eigenvalue weighted by Gasteiger charge is -2.60. The number of hydrogen-bond donors (Lipinski definition) is 0. The van der Waals surface area contributed by atoms with Gasteiger partial charge in [-0.1, -0.05) is 12.1 Å². The minimum atomic E-state index is -3.08. The van der Waals surface area contributed by atoms with E-state index < -0.39 is 21.6 Å². The van der Waals surface area contributed by atoms with Gasteiger partial charge in [0.15, 0.2) is 0 Å². The molecule has 2 spiro atoms. The van der Waals surface area contributed by atoms with Gasteiger partial charge in [-0.2, -0.15) is 23.9 Å². The van der Waals surface area contributed by atoms with Gasteiger partial charge >= 0.3 is 0 Å². The van der Waals surface area contributed by atoms with E-state index in [0.717, 1.165) is 69.3 Å². The number of ether oxygens (including phenoxy) is 1. The molecule has 8 rings (SSSR count). The Morgan fingerprint density at radius 2 is 1.45 bits per heavy atom. The van der Waals surface area contributed by atoms with Crippen molar-refractivity contribution in [1.29, 1.82) is 0 Å². The van der Waals surface area contributed by atoms with Gasteiger partial charge in [-0.25, -0.2) is 8.42 Å². The molecule has 5 saturated carbocycles. The maximum absolute atomic E-state index is 11.7. The third-order valence-electron chi connectivity index (χ3n) is 10.7. The van der Waals surface area contributed by atoms with Gasteiger partial charge in [0.1, 0.15) is 5.75 Å². The highest BCUT2D eigenvalue weighted by molar-refractivity contribution is 7.88. The van der Waals surface area contributed by atoms with Crippen LogP contribution >= 0.6 is 0 Å². The second kappa shape index (κ2) is 10.8. The summed E-state index contributed by atoms with van der Waals surface area (Å²) in [7, 11) is -3.08. The van der Waals surface area contributed by atoms with E-state index >= 15 is 0 Å². The normalized spacial score (nSPS) is 40.2. The van der Waals surface area contributed by atoms with Crippen LogP contribution < -0.4 is 4.74 Å². The Kier molecular flexibility index (Phi) is 7.42. The summed E-state index contributed by atoms with van der Waals surface area (Å²) < 4.78 is 30.9. The summed E-state index contributed by atoms with van der Waals surface area (Å²) >= 11 is 0. The molecule has 9 nitrogen and oxygen atoms in total. The van der Waals surface area contributed by atoms with Crippen LogP contribution in [0.2, 0.25) is 0 Å². The minimum Gasteiger partial charge on any atom is -0.494 e. The summed E-state index contributed by atoms with van der Waals surface area (Å²) in [6.45, 7) is 4.27. The van der Waals surface area contributed by atoms with Crippen molar-refractivity contribution >= 4 is 10.0 Å². The van der Waals surface area contributed by atoms with Gasteiger partial charge in [0.2, 0.25) is 21.6 Å². The smallest absolute Gasteiger partial charge is 0.239 e. The Hall–Kier alpha value is -1.27. The first-order valence-corrected chi connectivity index (χ1v) is 17.3. The molecule has 1 aromatic rings. The van der Waals surface area contributed by atoms with Gasteiger partial charge in [0, 0.05) is 57.4 Å². The second-order valence-electron chi connectivity index (χ2n) is 13.3. The molecule has 2 aliphatic heterocycles. The highest BCUT2D eigenvalue weighted by atomic mass is 32.2. The van der Waals surface area contributed by atoms with Crippen LogP contribution in [0.5, 0.6) is 5.75 Å². The van der Waals surface area contributed by atoms with Crippen LogP contribution in [0, 0.1) is 23.7 Å². The number of hydrogen-bond acceptors (Lipinski definition) is 8. The molecule has 2 saturated heterocycles. The number of piperazine rings is 1. The zero-order valence-corrected chi connectivity index (χ0v) is 24.5. The number of rotatable bonds is 7. The van der Waals surface area contributed by atoms with Crippen molar-refractivity contribution in [1.82, 2.24) is 9.21 Å². The Bertz CT molecular complexity index is 1100. The first kappa shape index (κ1) is 27.6. The molecule has 40 heavy (non-hydrogen) atoms. The zero-order valence-electron chi connectivity index (χ0n) is 23.7. The molecule has 7 aliphatic rings. The van der Waals surface area contributed by atoms with E-state index in [0.29, 0.717) is 37.5 Å². The summed E-state index contributed by atoms with van der Waals surface area (Å²) in [4.78, 5) is 26.9. The Labute approximate surface area is 238 Å². The minimum absolute atomic E-state index is 0.399. The number of benzene rings is 1. The van der Waals surface area contributed by atoms with Gasteiger partial charge < -0.3 is 9.64 Å². The summed E-state index contributed by atoms with van der Waals surface area (Å²) in [5, 5.41) is 0. The summed E-state index contributed by atoms with van der Waals surface area (Å²) in [6.07, 6.45) is 11.7. The molecule has 10 heteroatoms. The molecule has 0 N–H and O–H groups in total. The molecule has 222 valence electrons. The molecule has 0 unspecified atom stereocenters. The van der Waals surface area contributed by atoms with Crippen molar-refractivity contribution in [3.8, 4) is 5.75 Å². The highest BCUT2D eigenvalue weighted by Crippen LogP contribution is 2.62. The van der Waals surface area contributed by atoms with Gasteiger partial charge in [-0.05, 0) is 86.8 Å². The van der Waals surface area contributed by atoms with E-state index in [4.69, 9.17) is 24.3 Å². The fourth-order valence-corrected chi connectivity index (χ4v) is 9.41. The average molecular weight is 577 g/mol. The first-order valence-electron chi connectivity index (χ1n) is 15.4. The van der Waals surface area contributed by atoms with Crippen LogP contribution in [0.25, 0.3) is 0 Å². The molecular weight excluding hydrogens is 532 g/mol. The third kappa shape index (κ3) is 5.34. The van der Waals surface area contributed by atoms with E-state index in [1.54, 1.807) is 4.31 Å². The van der Waals surface area contributed by atoms with E-state index in [1.165, 1.54) is 43.9 Å².